The van der Waals surface area contributed by atoms with Crippen molar-refractivity contribution in [3.8, 4) is 0 Å². The molecule has 2 atom stereocenters. The van der Waals surface area contributed by atoms with Crippen molar-refractivity contribution in [3.05, 3.63) is 0 Å². The molecular weight excluding hydrogens is 182 g/mol. The second-order valence-electron chi connectivity index (χ2n) is 4.17. The lowest BCUT2D eigenvalue weighted by molar-refractivity contribution is -0.121. The van der Waals surface area contributed by atoms with Crippen molar-refractivity contribution in [2.24, 2.45) is 0 Å². The van der Waals surface area contributed by atoms with E-state index >= 15 is 0 Å². The molecule has 0 aliphatic carbocycles. The van der Waals surface area contributed by atoms with E-state index in [4.69, 9.17) is 9.47 Å². The van der Waals surface area contributed by atoms with Gasteiger partial charge in [-0.25, -0.2) is 5.11 Å². The topological polar surface area (TPSA) is 41.6 Å². The Bertz CT molecular complexity index is 174. The average Bonchev–Trinajstić information content (AvgIpc) is 2.14. The van der Waals surface area contributed by atoms with E-state index in [9.17, 15) is 5.11 Å². The summed E-state index contributed by atoms with van der Waals surface area (Å²) in [5.41, 5.74) is 0. The molecular formula is C10H18NO3. The number of morpholine rings is 1. The summed E-state index contributed by atoms with van der Waals surface area (Å²) in [6.45, 7) is 3.12. The zero-order valence-corrected chi connectivity index (χ0v) is 8.65. The number of hydrogen-bond donors (Lipinski definition) is 0. The Morgan fingerprint density at radius 1 is 1.36 bits per heavy atom. The van der Waals surface area contributed by atoms with Gasteiger partial charge in [0.2, 0.25) is 0 Å². The first-order valence-electron chi connectivity index (χ1n) is 5.29. The van der Waals surface area contributed by atoms with Crippen LogP contribution in [0.2, 0.25) is 0 Å². The van der Waals surface area contributed by atoms with Gasteiger partial charge in [-0.2, -0.15) is 0 Å². The molecule has 14 heavy (non-hydrogen) atoms. The molecule has 2 aliphatic rings. The third-order valence-electron chi connectivity index (χ3n) is 3.18. The van der Waals surface area contributed by atoms with E-state index in [1.807, 2.05) is 0 Å². The van der Waals surface area contributed by atoms with Gasteiger partial charge in [-0.05, 0) is 12.8 Å². The minimum Gasteiger partial charge on any atom is -0.383 e. The number of rotatable bonds is 3. The maximum absolute atomic E-state index is 11.5. The third-order valence-corrected chi connectivity index (χ3v) is 3.18. The zero-order valence-electron chi connectivity index (χ0n) is 8.65. The lowest BCUT2D eigenvalue weighted by atomic mass is 9.92. The number of methoxy groups -OCH3 is 1. The van der Waals surface area contributed by atoms with E-state index in [-0.39, 0.29) is 6.10 Å². The van der Waals surface area contributed by atoms with Crippen molar-refractivity contribution in [2.75, 3.05) is 33.5 Å². The van der Waals surface area contributed by atoms with Crippen molar-refractivity contribution in [3.63, 3.8) is 0 Å². The molecule has 2 fully saturated rings. The molecule has 0 saturated carbocycles. The molecule has 81 valence electrons. The minimum absolute atomic E-state index is 0.333. The molecule has 2 bridgehead atoms. The minimum atomic E-state index is -0.382. The lowest BCUT2D eigenvalue weighted by Gasteiger charge is -2.46. The number of hydrogen-bond acceptors (Lipinski definition) is 3. The SMILES string of the molecule is COCCN1C2COCC1CC([O])C2. The summed E-state index contributed by atoms with van der Waals surface area (Å²) in [5.74, 6) is 0. The Morgan fingerprint density at radius 3 is 2.57 bits per heavy atom. The van der Waals surface area contributed by atoms with Crippen LogP contribution in [0, 0.1) is 0 Å². The van der Waals surface area contributed by atoms with Crippen molar-refractivity contribution in [1.82, 2.24) is 4.90 Å². The molecule has 4 nitrogen and oxygen atoms in total. The molecule has 1 radical (unpaired) electrons. The van der Waals surface area contributed by atoms with E-state index in [2.05, 4.69) is 4.90 Å². The summed E-state index contributed by atoms with van der Waals surface area (Å²) in [4.78, 5) is 2.39. The first-order valence-corrected chi connectivity index (χ1v) is 5.29. The predicted molar refractivity (Wildman–Crippen MR) is 50.7 cm³/mol. The van der Waals surface area contributed by atoms with Crippen molar-refractivity contribution in [2.45, 2.75) is 31.0 Å². The summed E-state index contributed by atoms with van der Waals surface area (Å²) in [6, 6.07) is 0.667. The molecule has 4 heteroatoms. The molecule has 2 heterocycles. The summed E-state index contributed by atoms with van der Waals surface area (Å²) >= 11 is 0. The molecule has 0 amide bonds. The maximum Gasteiger partial charge on any atom is 0.0961 e. The van der Waals surface area contributed by atoms with E-state index in [0.29, 0.717) is 12.1 Å². The van der Waals surface area contributed by atoms with Gasteiger partial charge < -0.3 is 9.47 Å². The predicted octanol–water partition coefficient (Wildman–Crippen LogP) is 0.295. The van der Waals surface area contributed by atoms with Crippen LogP contribution in [0.3, 0.4) is 0 Å². The quantitative estimate of drug-likeness (QED) is 0.657. The Morgan fingerprint density at radius 2 is 2.00 bits per heavy atom. The highest BCUT2D eigenvalue weighted by molar-refractivity contribution is 4.91. The van der Waals surface area contributed by atoms with Gasteiger partial charge >= 0.3 is 0 Å². The third kappa shape index (κ3) is 2.08. The maximum atomic E-state index is 11.5. The van der Waals surface area contributed by atoms with Gasteiger partial charge in [0.1, 0.15) is 0 Å². The molecule has 0 aromatic rings. The molecule has 0 spiro atoms. The lowest BCUT2D eigenvalue weighted by Crippen LogP contribution is -2.58. The van der Waals surface area contributed by atoms with Crippen LogP contribution in [-0.4, -0.2) is 56.6 Å². The fraction of sp³-hybridized carbons (Fsp3) is 1.00. The molecule has 2 unspecified atom stereocenters. The monoisotopic (exact) mass is 200 g/mol. The summed E-state index contributed by atoms with van der Waals surface area (Å²) in [5, 5.41) is 11.5. The van der Waals surface area contributed by atoms with E-state index in [1.54, 1.807) is 7.11 Å². The van der Waals surface area contributed by atoms with Gasteiger partial charge in [0.25, 0.3) is 0 Å². The smallest absolute Gasteiger partial charge is 0.0961 e. The largest absolute Gasteiger partial charge is 0.383 e. The molecule has 0 N–H and O–H groups in total. The van der Waals surface area contributed by atoms with Crippen LogP contribution < -0.4 is 0 Å². The molecule has 2 aliphatic heterocycles. The van der Waals surface area contributed by atoms with Crippen molar-refractivity contribution in [1.29, 1.82) is 0 Å². The van der Waals surface area contributed by atoms with Gasteiger partial charge in [-0.15, -0.1) is 0 Å². The van der Waals surface area contributed by atoms with Crippen LogP contribution in [0.15, 0.2) is 0 Å². The van der Waals surface area contributed by atoms with Crippen LogP contribution in [0.4, 0.5) is 0 Å². The standard InChI is InChI=1S/C10H18NO3/c1-13-3-2-11-8-4-10(12)5-9(11)7-14-6-8/h8-10H,2-7H2,1H3. The summed E-state index contributed by atoms with van der Waals surface area (Å²) < 4.78 is 10.5. The fourth-order valence-corrected chi connectivity index (χ4v) is 2.50. The van der Waals surface area contributed by atoms with Gasteiger partial charge in [-0.1, -0.05) is 0 Å². The molecule has 0 aromatic carbocycles. The van der Waals surface area contributed by atoms with E-state index in [1.165, 1.54) is 0 Å². The molecule has 2 rings (SSSR count). The number of piperidine rings is 1. The van der Waals surface area contributed by atoms with E-state index < -0.39 is 0 Å². The van der Waals surface area contributed by atoms with Crippen molar-refractivity contribution >= 4 is 0 Å². The molecule has 2 saturated heterocycles. The van der Waals surface area contributed by atoms with Crippen molar-refractivity contribution < 1.29 is 14.6 Å². The second-order valence-corrected chi connectivity index (χ2v) is 4.17. The fourth-order valence-electron chi connectivity index (χ4n) is 2.50. The van der Waals surface area contributed by atoms with Crippen LogP contribution in [0.25, 0.3) is 0 Å². The molecule has 0 aromatic heterocycles. The van der Waals surface area contributed by atoms with Gasteiger partial charge in [0.15, 0.2) is 0 Å². The average molecular weight is 200 g/mol. The van der Waals surface area contributed by atoms with Crippen LogP contribution in [-0.2, 0) is 14.6 Å². The number of ether oxygens (including phenoxy) is 2. The number of nitrogens with zero attached hydrogens (tertiary/aromatic N) is 1. The van der Waals surface area contributed by atoms with E-state index in [0.717, 1.165) is 39.2 Å². The Labute approximate surface area is 84.8 Å². The first kappa shape index (κ1) is 10.4. The van der Waals surface area contributed by atoms with Crippen LogP contribution >= 0.6 is 0 Å². The van der Waals surface area contributed by atoms with Gasteiger partial charge in [0, 0.05) is 25.7 Å². The zero-order chi connectivity index (χ0) is 9.97. The summed E-state index contributed by atoms with van der Waals surface area (Å²) in [7, 11) is 1.71. The van der Waals surface area contributed by atoms with Crippen LogP contribution in [0.1, 0.15) is 12.8 Å². The van der Waals surface area contributed by atoms with Gasteiger partial charge in [-0.3, -0.25) is 4.90 Å². The highest BCUT2D eigenvalue weighted by Gasteiger charge is 2.38. The highest BCUT2D eigenvalue weighted by Crippen LogP contribution is 2.27. The van der Waals surface area contributed by atoms with Gasteiger partial charge in [0.05, 0.1) is 25.9 Å². The second kappa shape index (κ2) is 4.57. The normalized spacial score (nSPS) is 38.6. The summed E-state index contributed by atoms with van der Waals surface area (Å²) in [6.07, 6.45) is 1.09. The Hall–Kier alpha value is -0.160. The first-order chi connectivity index (χ1) is 6.81. The Balaban J connectivity index is 1.94. The number of fused-ring (bicyclic) bond motifs is 2. The van der Waals surface area contributed by atoms with Crippen LogP contribution in [0.5, 0.6) is 0 Å². The highest BCUT2D eigenvalue weighted by atomic mass is 16.5. The Kier molecular flexibility index (Phi) is 3.38.